The first-order chi connectivity index (χ1) is 15.8. The van der Waals surface area contributed by atoms with Crippen molar-refractivity contribution in [3.63, 3.8) is 0 Å². The number of aryl methyl sites for hydroxylation is 1. The first-order valence-electron chi connectivity index (χ1n) is 10.1. The van der Waals surface area contributed by atoms with Crippen molar-refractivity contribution in [2.24, 2.45) is 0 Å². The molecule has 3 N–H and O–H groups in total. The van der Waals surface area contributed by atoms with E-state index in [2.05, 4.69) is 15.4 Å². The molecule has 0 spiro atoms. The summed E-state index contributed by atoms with van der Waals surface area (Å²) in [5, 5.41) is 5.42. The molecule has 0 saturated heterocycles. The summed E-state index contributed by atoms with van der Waals surface area (Å²) in [6.45, 7) is 1.87. The van der Waals surface area contributed by atoms with Crippen molar-refractivity contribution < 1.29 is 22.4 Å². The maximum atomic E-state index is 12.9. The van der Waals surface area contributed by atoms with Gasteiger partial charge in [-0.15, -0.1) is 0 Å². The van der Waals surface area contributed by atoms with Crippen molar-refractivity contribution in [2.75, 3.05) is 22.6 Å². The third-order valence-electron chi connectivity index (χ3n) is 4.71. The fourth-order valence-electron chi connectivity index (χ4n) is 2.92. The van der Waals surface area contributed by atoms with Gasteiger partial charge >= 0.3 is 0 Å². The Bertz CT molecular complexity index is 1180. The fourth-order valence-corrected chi connectivity index (χ4v) is 4.62. The number of thioether (sulfide) groups is 1. The minimum atomic E-state index is -3.86. The lowest BCUT2D eigenvalue weighted by Crippen LogP contribution is -2.44. The lowest BCUT2D eigenvalue weighted by molar-refractivity contribution is -0.117. The zero-order valence-electron chi connectivity index (χ0n) is 18.2. The number of benzene rings is 2. The van der Waals surface area contributed by atoms with Crippen LogP contribution < -0.4 is 15.4 Å². The molecule has 174 valence electrons. The van der Waals surface area contributed by atoms with E-state index in [-0.39, 0.29) is 16.6 Å². The molecule has 0 radical (unpaired) electrons. The highest BCUT2D eigenvalue weighted by atomic mass is 32.2. The van der Waals surface area contributed by atoms with Crippen LogP contribution in [0.1, 0.15) is 22.5 Å². The molecule has 0 saturated carbocycles. The Hall–Kier alpha value is -3.08. The highest BCUT2D eigenvalue weighted by molar-refractivity contribution is 7.98. The van der Waals surface area contributed by atoms with E-state index in [1.807, 2.05) is 13.2 Å². The number of anilines is 2. The summed E-state index contributed by atoms with van der Waals surface area (Å²) < 4.78 is 33.1. The summed E-state index contributed by atoms with van der Waals surface area (Å²) >= 11 is 1.52. The molecule has 1 heterocycles. The normalized spacial score (nSPS) is 12.2. The van der Waals surface area contributed by atoms with E-state index < -0.39 is 22.0 Å². The van der Waals surface area contributed by atoms with Crippen LogP contribution in [0, 0.1) is 6.92 Å². The van der Waals surface area contributed by atoms with Crippen LogP contribution in [0.15, 0.2) is 76.2 Å². The molecule has 1 unspecified atom stereocenters. The van der Waals surface area contributed by atoms with Gasteiger partial charge in [0.05, 0.1) is 11.2 Å². The molecule has 0 aliphatic rings. The van der Waals surface area contributed by atoms with Crippen LogP contribution in [-0.4, -0.2) is 38.3 Å². The molecule has 2 aromatic carbocycles. The van der Waals surface area contributed by atoms with E-state index in [9.17, 15) is 18.0 Å². The summed E-state index contributed by atoms with van der Waals surface area (Å²) in [6, 6.07) is 15.2. The third-order valence-corrected chi connectivity index (χ3v) is 6.84. The predicted molar refractivity (Wildman–Crippen MR) is 130 cm³/mol. The number of nitrogens with one attached hydrogen (secondary N) is 3. The average Bonchev–Trinajstić information content (AvgIpc) is 3.33. The second-order valence-electron chi connectivity index (χ2n) is 7.27. The monoisotopic (exact) mass is 487 g/mol. The summed E-state index contributed by atoms with van der Waals surface area (Å²) in [5.74, 6) is -0.0666. The zero-order chi connectivity index (χ0) is 23.8. The fraction of sp³-hybridized carbons (Fsp3) is 0.217. The van der Waals surface area contributed by atoms with Crippen molar-refractivity contribution in [3.8, 4) is 0 Å². The van der Waals surface area contributed by atoms with Crippen LogP contribution in [0.3, 0.4) is 0 Å². The number of hydrogen-bond acceptors (Lipinski definition) is 6. The molecule has 33 heavy (non-hydrogen) atoms. The van der Waals surface area contributed by atoms with E-state index in [0.29, 0.717) is 23.5 Å². The Kier molecular flexibility index (Phi) is 8.32. The van der Waals surface area contributed by atoms with E-state index in [4.69, 9.17) is 4.42 Å². The predicted octanol–water partition coefficient (Wildman–Crippen LogP) is 3.88. The van der Waals surface area contributed by atoms with Gasteiger partial charge in [0.1, 0.15) is 6.04 Å². The van der Waals surface area contributed by atoms with Gasteiger partial charge in [-0.2, -0.15) is 16.5 Å². The lowest BCUT2D eigenvalue weighted by Gasteiger charge is -2.18. The van der Waals surface area contributed by atoms with E-state index >= 15 is 0 Å². The maximum Gasteiger partial charge on any atom is 0.291 e. The van der Waals surface area contributed by atoms with Crippen molar-refractivity contribution >= 4 is 45.0 Å². The Labute approximate surface area is 197 Å². The van der Waals surface area contributed by atoms with Gasteiger partial charge in [-0.05, 0) is 73.9 Å². The van der Waals surface area contributed by atoms with Crippen molar-refractivity contribution in [1.82, 2.24) is 4.72 Å². The maximum absolute atomic E-state index is 12.9. The van der Waals surface area contributed by atoms with Gasteiger partial charge in [0.15, 0.2) is 5.76 Å². The minimum Gasteiger partial charge on any atom is -0.459 e. The van der Waals surface area contributed by atoms with E-state index in [1.54, 1.807) is 48.5 Å². The summed E-state index contributed by atoms with van der Waals surface area (Å²) in [5.41, 5.74) is 1.93. The van der Waals surface area contributed by atoms with E-state index in [1.165, 1.54) is 30.2 Å². The molecule has 3 aromatic rings. The van der Waals surface area contributed by atoms with Gasteiger partial charge in [-0.25, -0.2) is 8.42 Å². The molecule has 10 heteroatoms. The Morgan fingerprint density at radius 1 is 0.970 bits per heavy atom. The van der Waals surface area contributed by atoms with Crippen LogP contribution in [0.5, 0.6) is 0 Å². The van der Waals surface area contributed by atoms with Crippen molar-refractivity contribution in [1.29, 1.82) is 0 Å². The molecule has 1 atom stereocenters. The van der Waals surface area contributed by atoms with Gasteiger partial charge in [0.25, 0.3) is 5.91 Å². The highest BCUT2D eigenvalue weighted by Crippen LogP contribution is 2.17. The molecule has 0 aliphatic carbocycles. The van der Waals surface area contributed by atoms with Crippen molar-refractivity contribution in [3.05, 3.63) is 78.3 Å². The SMILES string of the molecule is CSCCC(NS(=O)(=O)c1ccc(C)cc1)C(=O)Nc1ccc(NC(=O)c2ccco2)cc1. The highest BCUT2D eigenvalue weighted by Gasteiger charge is 2.25. The first-order valence-corrected chi connectivity index (χ1v) is 13.0. The molecular weight excluding hydrogens is 462 g/mol. The lowest BCUT2D eigenvalue weighted by atomic mass is 10.2. The molecule has 2 amide bonds. The molecule has 0 bridgehead atoms. The Balaban J connectivity index is 1.66. The van der Waals surface area contributed by atoms with Gasteiger partial charge in [-0.1, -0.05) is 17.7 Å². The largest absolute Gasteiger partial charge is 0.459 e. The second-order valence-corrected chi connectivity index (χ2v) is 9.97. The standard InChI is InChI=1S/C23H25N3O5S2/c1-16-5-11-19(12-6-16)33(29,30)26-20(13-15-32-2)22(27)24-17-7-9-18(10-8-17)25-23(28)21-4-3-14-31-21/h3-12,14,20,26H,13,15H2,1-2H3,(H,24,27)(H,25,28). The summed E-state index contributed by atoms with van der Waals surface area (Å²) in [4.78, 5) is 25.0. The minimum absolute atomic E-state index is 0.103. The molecular formula is C23H25N3O5S2. The number of hydrogen-bond donors (Lipinski definition) is 3. The van der Waals surface area contributed by atoms with Gasteiger partial charge in [-0.3, -0.25) is 9.59 Å². The van der Waals surface area contributed by atoms with Crippen molar-refractivity contribution in [2.45, 2.75) is 24.3 Å². The molecule has 3 rings (SSSR count). The second kappa shape index (κ2) is 11.2. The molecule has 1 aromatic heterocycles. The van der Waals surface area contributed by atoms with Crippen LogP contribution in [0.25, 0.3) is 0 Å². The van der Waals surface area contributed by atoms with Gasteiger partial charge in [0.2, 0.25) is 15.9 Å². The molecule has 0 aliphatic heterocycles. The smallest absolute Gasteiger partial charge is 0.291 e. The molecule has 8 nitrogen and oxygen atoms in total. The van der Waals surface area contributed by atoms with E-state index in [0.717, 1.165) is 5.56 Å². The topological polar surface area (TPSA) is 118 Å². The summed E-state index contributed by atoms with van der Waals surface area (Å²) in [6.07, 6.45) is 3.63. The zero-order valence-corrected chi connectivity index (χ0v) is 19.8. The van der Waals surface area contributed by atoms with Gasteiger partial charge in [0, 0.05) is 11.4 Å². The number of rotatable bonds is 10. The average molecular weight is 488 g/mol. The number of amides is 2. The van der Waals surface area contributed by atoms with Gasteiger partial charge < -0.3 is 15.1 Å². The summed E-state index contributed by atoms with van der Waals surface area (Å²) in [7, 11) is -3.86. The first kappa shape index (κ1) is 24.6. The van der Waals surface area contributed by atoms with Crippen LogP contribution >= 0.6 is 11.8 Å². The number of carbonyl (C=O) groups is 2. The number of furan rings is 1. The Morgan fingerprint density at radius 3 is 2.18 bits per heavy atom. The molecule has 0 fully saturated rings. The number of carbonyl (C=O) groups excluding carboxylic acids is 2. The van der Waals surface area contributed by atoms with Crippen LogP contribution in [-0.2, 0) is 14.8 Å². The van der Waals surface area contributed by atoms with Crippen LogP contribution in [0.4, 0.5) is 11.4 Å². The Morgan fingerprint density at radius 2 is 1.61 bits per heavy atom. The number of sulfonamides is 1. The quantitative estimate of drug-likeness (QED) is 0.400. The third kappa shape index (κ3) is 6.95. The van der Waals surface area contributed by atoms with Crippen LogP contribution in [0.2, 0.25) is 0 Å².